The zero-order valence-electron chi connectivity index (χ0n) is 14.9. The molecular weight excluding hydrogens is 316 g/mol. The van der Waals surface area contributed by atoms with Crippen LogP contribution in [0, 0.1) is 5.92 Å². The Bertz CT molecular complexity index is 660. The van der Waals surface area contributed by atoms with E-state index in [-0.39, 0.29) is 23.8 Å². The van der Waals surface area contributed by atoms with Crippen molar-refractivity contribution in [1.82, 2.24) is 10.2 Å². The fourth-order valence-electron chi connectivity index (χ4n) is 3.41. The molecule has 0 aromatic carbocycles. The van der Waals surface area contributed by atoms with Crippen molar-refractivity contribution < 1.29 is 9.59 Å². The van der Waals surface area contributed by atoms with Gasteiger partial charge in [-0.2, -0.15) is 4.99 Å². The molecule has 0 radical (unpaired) electrons. The monoisotopic (exact) mass is 342 g/mol. The first-order valence-electron chi connectivity index (χ1n) is 9.11. The Kier molecular flexibility index (Phi) is 5.58. The first kappa shape index (κ1) is 17.7. The molecule has 2 aliphatic heterocycles. The van der Waals surface area contributed by atoms with Gasteiger partial charge in [-0.15, -0.1) is 0 Å². The molecule has 1 saturated heterocycles. The van der Waals surface area contributed by atoms with E-state index in [1.165, 1.54) is 0 Å². The Hall–Kier alpha value is -2.08. The van der Waals surface area contributed by atoms with Crippen molar-refractivity contribution >= 4 is 23.4 Å². The first-order valence-corrected chi connectivity index (χ1v) is 9.11. The van der Waals surface area contributed by atoms with Crippen LogP contribution in [0.5, 0.6) is 0 Å². The zero-order valence-corrected chi connectivity index (χ0v) is 14.9. The number of likely N-dealkylation sites (tertiary alicyclic amines) is 1. The molecule has 1 fully saturated rings. The summed E-state index contributed by atoms with van der Waals surface area (Å²) in [5.74, 6) is 0.119. The molecule has 6 heteroatoms. The van der Waals surface area contributed by atoms with E-state index in [0.717, 1.165) is 25.2 Å². The van der Waals surface area contributed by atoms with Gasteiger partial charge in [0.05, 0.1) is 5.71 Å². The largest absolute Gasteiger partial charge is 0.352 e. The number of fused-ring (bicyclic) bond motifs is 1. The fourth-order valence-corrected chi connectivity index (χ4v) is 3.41. The predicted octanol–water partition coefficient (Wildman–Crippen LogP) is 1.88. The normalized spacial score (nSPS) is 25.8. The van der Waals surface area contributed by atoms with Gasteiger partial charge in [0.2, 0.25) is 5.91 Å². The summed E-state index contributed by atoms with van der Waals surface area (Å²) in [6, 6.07) is 0.777. The number of hydrogen-bond acceptors (Lipinski definition) is 4. The van der Waals surface area contributed by atoms with E-state index >= 15 is 0 Å². The van der Waals surface area contributed by atoms with Gasteiger partial charge in [0.15, 0.2) is 0 Å². The Morgan fingerprint density at radius 3 is 2.96 bits per heavy atom. The second kappa shape index (κ2) is 7.87. The topological polar surface area (TPSA) is 74.1 Å². The maximum atomic E-state index is 12.1. The van der Waals surface area contributed by atoms with Crippen LogP contribution in [0.15, 0.2) is 34.3 Å². The van der Waals surface area contributed by atoms with E-state index in [4.69, 9.17) is 0 Å². The summed E-state index contributed by atoms with van der Waals surface area (Å²) >= 11 is 0. The van der Waals surface area contributed by atoms with Crippen LogP contribution in [-0.4, -0.2) is 53.4 Å². The average Bonchev–Trinajstić information content (AvgIpc) is 3.03. The third kappa shape index (κ3) is 4.51. The molecule has 6 nitrogen and oxygen atoms in total. The maximum Gasteiger partial charge on any atom is 0.260 e. The Morgan fingerprint density at radius 1 is 1.36 bits per heavy atom. The van der Waals surface area contributed by atoms with Gasteiger partial charge in [-0.05, 0) is 32.8 Å². The molecule has 0 aromatic heterocycles. The van der Waals surface area contributed by atoms with E-state index < -0.39 is 0 Å². The second-order valence-corrected chi connectivity index (χ2v) is 7.12. The number of carbonyl (C=O) groups excluding carboxylic acids is 2. The van der Waals surface area contributed by atoms with Crippen molar-refractivity contribution in [2.24, 2.45) is 15.9 Å². The Labute approximate surface area is 148 Å². The predicted molar refractivity (Wildman–Crippen MR) is 98.8 cm³/mol. The molecule has 1 aliphatic carbocycles. The average molecular weight is 342 g/mol. The highest BCUT2D eigenvalue weighted by molar-refractivity contribution is 6.21. The lowest BCUT2D eigenvalue weighted by atomic mass is 9.96. The quantitative estimate of drug-likeness (QED) is 0.801. The first-order chi connectivity index (χ1) is 12.0. The lowest BCUT2D eigenvalue weighted by Gasteiger charge is -2.20. The lowest BCUT2D eigenvalue weighted by molar-refractivity contribution is -0.121. The van der Waals surface area contributed by atoms with Crippen molar-refractivity contribution in [3.8, 4) is 0 Å². The van der Waals surface area contributed by atoms with Crippen LogP contribution in [0.3, 0.4) is 0 Å². The summed E-state index contributed by atoms with van der Waals surface area (Å²) in [5, 5.41) is 3.11. The van der Waals surface area contributed by atoms with E-state index in [2.05, 4.69) is 34.0 Å². The number of aliphatic imine (C=N–C) groups is 2. The summed E-state index contributed by atoms with van der Waals surface area (Å²) in [5.41, 5.74) is 0.752. The minimum atomic E-state index is -0.330. The van der Waals surface area contributed by atoms with Crippen molar-refractivity contribution in [2.75, 3.05) is 13.1 Å². The molecule has 0 saturated carbocycles. The number of amidine groups is 1. The number of nitrogens with one attached hydrogen (secondary N) is 1. The Balaban J connectivity index is 1.42. The highest BCUT2D eigenvalue weighted by Crippen LogP contribution is 2.18. The molecule has 2 heterocycles. The molecule has 3 aliphatic rings. The SMILES string of the molecule is CC(C)N1CCC(NC(=O)CCCC2=NC(=O)C3C=CC=CC3=N2)C1. The van der Waals surface area contributed by atoms with Crippen molar-refractivity contribution in [1.29, 1.82) is 0 Å². The van der Waals surface area contributed by atoms with Crippen LogP contribution in [-0.2, 0) is 9.59 Å². The van der Waals surface area contributed by atoms with Crippen LogP contribution in [0.4, 0.5) is 0 Å². The smallest absolute Gasteiger partial charge is 0.260 e. The number of amides is 2. The van der Waals surface area contributed by atoms with Crippen molar-refractivity contribution in [3.05, 3.63) is 24.3 Å². The Morgan fingerprint density at radius 2 is 2.20 bits per heavy atom. The summed E-state index contributed by atoms with van der Waals surface area (Å²) in [6.07, 6.45) is 10.0. The summed E-state index contributed by atoms with van der Waals surface area (Å²) in [6.45, 7) is 6.33. The van der Waals surface area contributed by atoms with Gasteiger partial charge in [0.25, 0.3) is 5.91 Å². The molecule has 0 spiro atoms. The van der Waals surface area contributed by atoms with Gasteiger partial charge in [0.1, 0.15) is 11.8 Å². The molecular formula is C19H26N4O2. The summed E-state index contributed by atoms with van der Waals surface area (Å²) < 4.78 is 0. The minimum absolute atomic E-state index is 0.0735. The van der Waals surface area contributed by atoms with E-state index in [0.29, 0.717) is 31.1 Å². The highest BCUT2D eigenvalue weighted by atomic mass is 16.2. The maximum absolute atomic E-state index is 12.1. The van der Waals surface area contributed by atoms with Gasteiger partial charge >= 0.3 is 0 Å². The van der Waals surface area contributed by atoms with Gasteiger partial charge in [-0.1, -0.05) is 18.2 Å². The highest BCUT2D eigenvalue weighted by Gasteiger charge is 2.27. The second-order valence-electron chi connectivity index (χ2n) is 7.12. The fraction of sp³-hybridized carbons (Fsp3) is 0.579. The summed E-state index contributed by atoms with van der Waals surface area (Å²) in [7, 11) is 0. The van der Waals surface area contributed by atoms with Gasteiger partial charge in [-0.3, -0.25) is 14.5 Å². The number of allylic oxidation sites excluding steroid dienone is 3. The van der Waals surface area contributed by atoms with Crippen LogP contribution in [0.1, 0.15) is 39.5 Å². The number of nitrogens with zero attached hydrogens (tertiary/aromatic N) is 3. The van der Waals surface area contributed by atoms with Crippen molar-refractivity contribution in [3.63, 3.8) is 0 Å². The van der Waals surface area contributed by atoms with Gasteiger partial charge in [-0.25, -0.2) is 4.99 Å². The molecule has 0 aromatic rings. The third-order valence-corrected chi connectivity index (χ3v) is 4.88. The van der Waals surface area contributed by atoms with E-state index in [1.54, 1.807) is 0 Å². The van der Waals surface area contributed by atoms with Crippen molar-refractivity contribution in [2.45, 2.75) is 51.6 Å². The summed E-state index contributed by atoms with van der Waals surface area (Å²) in [4.78, 5) is 35.0. The van der Waals surface area contributed by atoms with Gasteiger partial charge < -0.3 is 5.32 Å². The molecule has 0 bridgehead atoms. The molecule has 3 rings (SSSR count). The van der Waals surface area contributed by atoms with Crippen LogP contribution in [0.25, 0.3) is 0 Å². The van der Waals surface area contributed by atoms with Crippen LogP contribution in [0.2, 0.25) is 0 Å². The van der Waals surface area contributed by atoms with E-state index in [1.807, 2.05) is 24.3 Å². The molecule has 134 valence electrons. The zero-order chi connectivity index (χ0) is 17.8. The molecule has 2 unspecified atom stereocenters. The molecule has 2 amide bonds. The molecule has 25 heavy (non-hydrogen) atoms. The molecule has 2 atom stereocenters. The van der Waals surface area contributed by atoms with Crippen LogP contribution < -0.4 is 5.32 Å². The van der Waals surface area contributed by atoms with Crippen LogP contribution >= 0.6 is 0 Å². The standard InChI is InChI=1S/C19H26N4O2/c1-13(2)23-11-10-14(12-23)20-18(24)9-5-8-17-21-16-7-4-3-6-15(16)19(25)22-17/h3-4,6-7,13-15H,5,8-12H2,1-2H3,(H,20,24). The number of rotatable bonds is 6. The minimum Gasteiger partial charge on any atom is -0.352 e. The van der Waals surface area contributed by atoms with Gasteiger partial charge in [0, 0.05) is 38.0 Å². The lowest BCUT2D eigenvalue weighted by Crippen LogP contribution is -2.38. The third-order valence-electron chi connectivity index (χ3n) is 4.88. The number of hydrogen-bond donors (Lipinski definition) is 1. The van der Waals surface area contributed by atoms with E-state index in [9.17, 15) is 9.59 Å². The number of carbonyl (C=O) groups is 2. The molecule has 1 N–H and O–H groups in total.